The molecule has 1 aromatic rings. The summed E-state index contributed by atoms with van der Waals surface area (Å²) in [5.74, 6) is 0.767. The van der Waals surface area contributed by atoms with E-state index in [0.29, 0.717) is 18.2 Å². The number of nitrogens with zero attached hydrogens (tertiary/aromatic N) is 2. The molecule has 1 rings (SSSR count). The van der Waals surface area contributed by atoms with Gasteiger partial charge in [0.2, 0.25) is 0 Å². The fourth-order valence-electron chi connectivity index (χ4n) is 1.94. The zero-order valence-corrected chi connectivity index (χ0v) is 14.9. The molecule has 0 saturated heterocycles. The number of hydrogen-bond donors (Lipinski definition) is 2. The lowest BCUT2D eigenvalue weighted by molar-refractivity contribution is 0.0205. The largest absolute Gasteiger partial charge is 0.379 e. The van der Waals surface area contributed by atoms with Crippen LogP contribution in [-0.2, 0) is 11.3 Å². The van der Waals surface area contributed by atoms with Crippen LogP contribution in [0.1, 0.15) is 33.3 Å². The third kappa shape index (κ3) is 6.62. The van der Waals surface area contributed by atoms with Crippen LogP contribution in [0.25, 0.3) is 0 Å². The minimum Gasteiger partial charge on any atom is -0.379 e. The number of guanidine groups is 1. The lowest BCUT2D eigenvalue weighted by Crippen LogP contribution is -2.45. The molecular formula is C16H27ClN4O. The Balaban J connectivity index is 2.64. The molecule has 0 spiro atoms. The highest BCUT2D eigenvalue weighted by atomic mass is 35.5. The topological polar surface area (TPSA) is 58.5 Å². The minimum absolute atomic E-state index is 0.0686. The van der Waals surface area contributed by atoms with E-state index < -0.39 is 0 Å². The van der Waals surface area contributed by atoms with Crippen molar-refractivity contribution in [1.29, 1.82) is 0 Å². The number of ether oxygens (including phenoxy) is 1. The van der Waals surface area contributed by atoms with Crippen molar-refractivity contribution in [2.75, 3.05) is 20.2 Å². The molecule has 1 unspecified atom stereocenters. The molecule has 22 heavy (non-hydrogen) atoms. The molecule has 0 amide bonds. The van der Waals surface area contributed by atoms with E-state index in [1.807, 2.05) is 13.0 Å². The first-order valence-electron chi connectivity index (χ1n) is 7.52. The molecule has 0 aromatic carbocycles. The number of nitrogens with one attached hydrogen (secondary N) is 2. The van der Waals surface area contributed by atoms with E-state index in [9.17, 15) is 0 Å². The Bertz CT molecular complexity index is 468. The normalized spacial score (nSPS) is 13.8. The van der Waals surface area contributed by atoms with E-state index in [-0.39, 0.29) is 11.5 Å². The second-order valence-corrected chi connectivity index (χ2v) is 6.54. The van der Waals surface area contributed by atoms with Gasteiger partial charge < -0.3 is 15.4 Å². The van der Waals surface area contributed by atoms with Crippen LogP contribution in [-0.4, -0.2) is 37.2 Å². The van der Waals surface area contributed by atoms with Gasteiger partial charge in [-0.25, -0.2) is 9.98 Å². The van der Waals surface area contributed by atoms with Crippen LogP contribution in [0.5, 0.6) is 0 Å². The third-order valence-electron chi connectivity index (χ3n) is 3.26. The Hall–Kier alpha value is -1.33. The van der Waals surface area contributed by atoms with Crippen molar-refractivity contribution >= 4 is 17.6 Å². The molecule has 124 valence electrons. The molecule has 1 atom stereocenters. The number of aromatic nitrogens is 1. The smallest absolute Gasteiger partial charge is 0.191 e. The molecule has 5 nitrogen and oxygen atoms in total. The first-order chi connectivity index (χ1) is 10.4. The SMILES string of the molecule is CCNC(=NCc1ccc(Cl)nc1)NCC(OC)C(C)(C)C. The summed E-state index contributed by atoms with van der Waals surface area (Å²) in [4.78, 5) is 8.62. The van der Waals surface area contributed by atoms with Gasteiger partial charge in [-0.3, -0.25) is 0 Å². The number of aliphatic imine (C=N–C) groups is 1. The van der Waals surface area contributed by atoms with Crippen molar-refractivity contribution in [2.45, 2.75) is 40.3 Å². The Kier molecular flexibility index (Phi) is 7.62. The van der Waals surface area contributed by atoms with Gasteiger partial charge in [0.25, 0.3) is 0 Å². The van der Waals surface area contributed by atoms with Crippen molar-refractivity contribution in [3.63, 3.8) is 0 Å². The van der Waals surface area contributed by atoms with Gasteiger partial charge in [-0.15, -0.1) is 0 Å². The zero-order chi connectivity index (χ0) is 16.6. The molecule has 0 bridgehead atoms. The maximum atomic E-state index is 5.78. The molecule has 1 aromatic heterocycles. The van der Waals surface area contributed by atoms with E-state index in [1.54, 1.807) is 19.4 Å². The average Bonchev–Trinajstić information content (AvgIpc) is 2.45. The molecular weight excluding hydrogens is 300 g/mol. The van der Waals surface area contributed by atoms with Gasteiger partial charge in [0.05, 0.1) is 12.6 Å². The number of methoxy groups -OCH3 is 1. The lowest BCUT2D eigenvalue weighted by atomic mass is 9.89. The van der Waals surface area contributed by atoms with Crippen LogP contribution in [0.3, 0.4) is 0 Å². The Morgan fingerprint density at radius 2 is 2.09 bits per heavy atom. The molecule has 0 saturated carbocycles. The van der Waals surface area contributed by atoms with Crippen LogP contribution in [0.4, 0.5) is 0 Å². The van der Waals surface area contributed by atoms with Crippen molar-refractivity contribution in [3.8, 4) is 0 Å². The number of pyridine rings is 1. The lowest BCUT2D eigenvalue weighted by Gasteiger charge is -2.30. The fraction of sp³-hybridized carbons (Fsp3) is 0.625. The first-order valence-corrected chi connectivity index (χ1v) is 7.90. The molecule has 0 radical (unpaired) electrons. The summed E-state index contributed by atoms with van der Waals surface area (Å²) in [6.45, 7) is 10.6. The monoisotopic (exact) mass is 326 g/mol. The minimum atomic E-state index is 0.0686. The molecule has 0 aliphatic rings. The van der Waals surface area contributed by atoms with Gasteiger partial charge in [-0.05, 0) is 24.0 Å². The van der Waals surface area contributed by atoms with E-state index in [4.69, 9.17) is 16.3 Å². The van der Waals surface area contributed by atoms with Crippen molar-refractivity contribution in [3.05, 3.63) is 29.0 Å². The summed E-state index contributed by atoms with van der Waals surface area (Å²) in [5.41, 5.74) is 1.08. The Morgan fingerprint density at radius 3 is 2.59 bits per heavy atom. The highest BCUT2D eigenvalue weighted by Gasteiger charge is 2.24. The van der Waals surface area contributed by atoms with Crippen LogP contribution in [0.2, 0.25) is 5.15 Å². The van der Waals surface area contributed by atoms with Crippen molar-refractivity contribution in [1.82, 2.24) is 15.6 Å². The van der Waals surface area contributed by atoms with Crippen molar-refractivity contribution < 1.29 is 4.74 Å². The maximum Gasteiger partial charge on any atom is 0.191 e. The van der Waals surface area contributed by atoms with Gasteiger partial charge in [-0.2, -0.15) is 0 Å². The molecule has 0 fully saturated rings. The predicted octanol–water partition coefficient (Wildman–Crippen LogP) is 2.85. The van der Waals surface area contributed by atoms with E-state index in [0.717, 1.165) is 18.1 Å². The second-order valence-electron chi connectivity index (χ2n) is 6.16. The Labute approximate surface area is 138 Å². The first kappa shape index (κ1) is 18.7. The predicted molar refractivity (Wildman–Crippen MR) is 92.3 cm³/mol. The molecule has 1 heterocycles. The van der Waals surface area contributed by atoms with E-state index in [2.05, 4.69) is 41.4 Å². The number of hydrogen-bond acceptors (Lipinski definition) is 3. The van der Waals surface area contributed by atoms with Gasteiger partial charge >= 0.3 is 0 Å². The van der Waals surface area contributed by atoms with Crippen molar-refractivity contribution in [2.24, 2.45) is 10.4 Å². The molecule has 6 heteroatoms. The van der Waals surface area contributed by atoms with E-state index >= 15 is 0 Å². The third-order valence-corrected chi connectivity index (χ3v) is 3.48. The molecule has 0 aliphatic carbocycles. The summed E-state index contributed by atoms with van der Waals surface area (Å²) in [5, 5.41) is 7.05. The standard InChI is InChI=1S/C16H27ClN4O/c1-6-18-15(21-11-13(22-5)16(2,3)4)20-10-12-7-8-14(17)19-9-12/h7-9,13H,6,10-11H2,1-5H3,(H2,18,20,21). The van der Waals surface area contributed by atoms with Gasteiger partial charge in [0.15, 0.2) is 5.96 Å². The Morgan fingerprint density at radius 1 is 1.36 bits per heavy atom. The summed E-state index contributed by atoms with van der Waals surface area (Å²) in [6.07, 6.45) is 1.84. The molecule has 2 N–H and O–H groups in total. The van der Waals surface area contributed by atoms with E-state index in [1.165, 1.54) is 0 Å². The zero-order valence-electron chi connectivity index (χ0n) is 14.1. The van der Waals surface area contributed by atoms with Crippen LogP contribution < -0.4 is 10.6 Å². The number of rotatable bonds is 6. The van der Waals surface area contributed by atoms with Gasteiger partial charge in [0.1, 0.15) is 5.15 Å². The highest BCUT2D eigenvalue weighted by Crippen LogP contribution is 2.20. The van der Waals surface area contributed by atoms with Crippen LogP contribution >= 0.6 is 11.6 Å². The summed E-state index contributed by atoms with van der Waals surface area (Å²) in [7, 11) is 1.74. The summed E-state index contributed by atoms with van der Waals surface area (Å²) >= 11 is 5.78. The van der Waals surface area contributed by atoms with Gasteiger partial charge in [-0.1, -0.05) is 38.4 Å². The van der Waals surface area contributed by atoms with Crippen LogP contribution in [0.15, 0.2) is 23.3 Å². The summed E-state index contributed by atoms with van der Waals surface area (Å²) in [6, 6.07) is 3.70. The van der Waals surface area contributed by atoms with Crippen LogP contribution in [0, 0.1) is 5.41 Å². The quantitative estimate of drug-likeness (QED) is 0.479. The second kappa shape index (κ2) is 8.96. The fourth-order valence-corrected chi connectivity index (χ4v) is 2.06. The summed E-state index contributed by atoms with van der Waals surface area (Å²) < 4.78 is 5.55. The highest BCUT2D eigenvalue weighted by molar-refractivity contribution is 6.29. The van der Waals surface area contributed by atoms with Gasteiger partial charge in [0, 0.05) is 26.4 Å². The maximum absolute atomic E-state index is 5.78. The average molecular weight is 327 g/mol. The molecule has 0 aliphatic heterocycles. The number of halogens is 1.